The second-order valence-electron chi connectivity index (χ2n) is 5.86. The van der Waals surface area contributed by atoms with Gasteiger partial charge in [-0.25, -0.2) is 0 Å². The fourth-order valence-electron chi connectivity index (χ4n) is 1.77. The molecule has 0 bridgehead atoms. The first kappa shape index (κ1) is 19.2. The van der Waals surface area contributed by atoms with E-state index in [2.05, 4.69) is 19.2 Å². The lowest BCUT2D eigenvalue weighted by molar-refractivity contribution is -0.119. The quantitative estimate of drug-likeness (QED) is 0.552. The Hall–Kier alpha value is -0.780. The summed E-state index contributed by atoms with van der Waals surface area (Å²) in [6, 6.07) is 0.131. The second-order valence-corrected chi connectivity index (χ2v) is 5.86. The molecule has 1 unspecified atom stereocenters. The van der Waals surface area contributed by atoms with Crippen LogP contribution in [0, 0.1) is 5.41 Å². The Bertz CT molecular complexity index is 302. The molecule has 0 aromatic carbocycles. The monoisotopic (exact) mass is 287 g/mol. The number of ketones is 2. The lowest BCUT2D eigenvalue weighted by Crippen LogP contribution is -2.46. The third kappa shape index (κ3) is 9.18. The average molecular weight is 287 g/mol. The van der Waals surface area contributed by atoms with Crippen molar-refractivity contribution in [3.05, 3.63) is 0 Å². The Labute approximate surface area is 122 Å². The molecule has 118 valence electrons. The first-order valence-electron chi connectivity index (χ1n) is 7.11. The smallest absolute Gasteiger partial charge is 0.132 e. The largest absolute Gasteiger partial charge is 0.380 e. The van der Waals surface area contributed by atoms with E-state index >= 15 is 0 Å². The molecule has 0 aliphatic rings. The molecule has 1 N–H and O–H groups in total. The average Bonchev–Trinajstić information content (AvgIpc) is 2.34. The van der Waals surface area contributed by atoms with E-state index in [1.54, 1.807) is 13.8 Å². The zero-order chi connectivity index (χ0) is 15.6. The molecule has 0 spiro atoms. The molecule has 0 saturated heterocycles. The van der Waals surface area contributed by atoms with Gasteiger partial charge in [-0.15, -0.1) is 0 Å². The summed E-state index contributed by atoms with van der Waals surface area (Å²) in [7, 11) is 1.89. The van der Waals surface area contributed by atoms with Gasteiger partial charge in [-0.1, -0.05) is 13.8 Å². The first-order chi connectivity index (χ1) is 9.29. The predicted molar refractivity (Wildman–Crippen MR) is 78.9 cm³/mol. The molecule has 1 atom stereocenters. The number of likely N-dealkylation sites (N-methyl/N-ethyl adjacent to an activating group) is 1. The highest BCUT2D eigenvalue weighted by molar-refractivity contribution is 5.75. The molecule has 0 saturated carbocycles. The Balaban J connectivity index is 4.04. The maximum absolute atomic E-state index is 10.8. The third-order valence-electron chi connectivity index (χ3n) is 3.25. The highest BCUT2D eigenvalue weighted by Gasteiger charge is 2.28. The molecule has 5 heteroatoms. The zero-order valence-electron chi connectivity index (χ0n) is 13.5. The van der Waals surface area contributed by atoms with Crippen LogP contribution in [0.5, 0.6) is 0 Å². The fourth-order valence-corrected chi connectivity index (χ4v) is 1.77. The van der Waals surface area contributed by atoms with Crippen LogP contribution in [0.4, 0.5) is 0 Å². The van der Waals surface area contributed by atoms with Crippen molar-refractivity contribution in [2.24, 2.45) is 5.41 Å². The summed E-state index contributed by atoms with van der Waals surface area (Å²) in [5.74, 6) is 0.276. The highest BCUT2D eigenvalue weighted by Crippen LogP contribution is 2.21. The molecule has 0 rings (SSSR count). The fraction of sp³-hybridized carbons (Fsp3) is 0.867. The molecule has 0 aliphatic heterocycles. The highest BCUT2D eigenvalue weighted by atomic mass is 16.5. The van der Waals surface area contributed by atoms with Crippen LogP contribution in [0.15, 0.2) is 0 Å². The van der Waals surface area contributed by atoms with Crippen molar-refractivity contribution in [2.75, 3.05) is 33.5 Å². The number of nitrogens with one attached hydrogen (secondary N) is 1. The van der Waals surface area contributed by atoms with E-state index in [1.165, 1.54) is 0 Å². The van der Waals surface area contributed by atoms with Gasteiger partial charge in [0, 0.05) is 24.3 Å². The van der Waals surface area contributed by atoms with E-state index in [4.69, 9.17) is 9.47 Å². The second kappa shape index (κ2) is 10.0. The van der Waals surface area contributed by atoms with Crippen LogP contribution < -0.4 is 5.32 Å². The van der Waals surface area contributed by atoms with E-state index in [-0.39, 0.29) is 23.0 Å². The minimum Gasteiger partial charge on any atom is -0.380 e. The lowest BCUT2D eigenvalue weighted by atomic mass is 9.85. The van der Waals surface area contributed by atoms with Crippen LogP contribution in [0.1, 0.15) is 40.5 Å². The van der Waals surface area contributed by atoms with Crippen molar-refractivity contribution in [1.82, 2.24) is 5.32 Å². The van der Waals surface area contributed by atoms with Gasteiger partial charge in [0.1, 0.15) is 11.6 Å². The molecule has 20 heavy (non-hydrogen) atoms. The zero-order valence-corrected chi connectivity index (χ0v) is 13.5. The number of carbonyl (C=O) groups excluding carboxylic acids is 2. The molecule has 0 amide bonds. The van der Waals surface area contributed by atoms with Gasteiger partial charge in [0.25, 0.3) is 0 Å². The van der Waals surface area contributed by atoms with Gasteiger partial charge in [0.15, 0.2) is 0 Å². The molecule has 0 aromatic heterocycles. The van der Waals surface area contributed by atoms with Crippen molar-refractivity contribution >= 4 is 11.6 Å². The Morgan fingerprint density at radius 2 is 1.55 bits per heavy atom. The van der Waals surface area contributed by atoms with Gasteiger partial charge >= 0.3 is 0 Å². The number of Topliss-reactive ketones (excluding diaryl/α,β-unsaturated/α-hetero) is 2. The molecule has 0 radical (unpaired) electrons. The molecular weight excluding hydrogens is 258 g/mol. The molecule has 0 aliphatic carbocycles. The summed E-state index contributed by atoms with van der Waals surface area (Å²) in [6.45, 7) is 9.32. The van der Waals surface area contributed by atoms with E-state index in [0.29, 0.717) is 39.3 Å². The normalized spacial score (nSPS) is 13.2. The van der Waals surface area contributed by atoms with Crippen LogP contribution in [-0.4, -0.2) is 51.1 Å². The van der Waals surface area contributed by atoms with Crippen LogP contribution >= 0.6 is 0 Å². The maximum atomic E-state index is 10.8. The topological polar surface area (TPSA) is 64.6 Å². The minimum atomic E-state index is -0.109. The van der Waals surface area contributed by atoms with Crippen LogP contribution in [0.25, 0.3) is 0 Å². The molecule has 0 aromatic rings. The van der Waals surface area contributed by atoms with Crippen LogP contribution in [-0.2, 0) is 19.1 Å². The minimum absolute atomic E-state index is 0.109. The molecule has 5 nitrogen and oxygen atoms in total. The van der Waals surface area contributed by atoms with Gasteiger partial charge in [-0.05, 0) is 20.9 Å². The Morgan fingerprint density at radius 3 is 2.00 bits per heavy atom. The first-order valence-corrected chi connectivity index (χ1v) is 7.11. The number of ether oxygens (including phenoxy) is 2. The van der Waals surface area contributed by atoms with Gasteiger partial charge in [-0.3, -0.25) is 9.59 Å². The van der Waals surface area contributed by atoms with E-state index in [9.17, 15) is 9.59 Å². The van der Waals surface area contributed by atoms with E-state index in [1.807, 2.05) is 7.05 Å². The Kier molecular flexibility index (Phi) is 9.63. The number of carbonyl (C=O) groups is 2. The van der Waals surface area contributed by atoms with E-state index < -0.39 is 0 Å². The predicted octanol–water partition coefficient (Wildman–Crippen LogP) is 1.59. The maximum Gasteiger partial charge on any atom is 0.132 e. The molecule has 0 fully saturated rings. The van der Waals surface area contributed by atoms with Crippen LogP contribution in [0.3, 0.4) is 0 Å². The van der Waals surface area contributed by atoms with Gasteiger partial charge in [0.05, 0.1) is 26.4 Å². The standard InChI is InChI=1S/C15H29NO4/c1-12(17)6-8-19-10-14(16-5)15(3,4)11-20-9-7-13(2)18/h14,16H,6-11H2,1-5H3. The summed E-state index contributed by atoms with van der Waals surface area (Å²) >= 11 is 0. The van der Waals surface area contributed by atoms with Gasteiger partial charge in [0.2, 0.25) is 0 Å². The van der Waals surface area contributed by atoms with Crippen molar-refractivity contribution in [2.45, 2.75) is 46.6 Å². The van der Waals surface area contributed by atoms with E-state index in [0.717, 1.165) is 0 Å². The summed E-state index contributed by atoms with van der Waals surface area (Å²) < 4.78 is 11.1. The summed E-state index contributed by atoms with van der Waals surface area (Å²) in [5.41, 5.74) is -0.109. The summed E-state index contributed by atoms with van der Waals surface area (Å²) in [6.07, 6.45) is 0.904. The third-order valence-corrected chi connectivity index (χ3v) is 3.25. The molecule has 0 heterocycles. The van der Waals surface area contributed by atoms with Crippen molar-refractivity contribution < 1.29 is 19.1 Å². The number of hydrogen-bond acceptors (Lipinski definition) is 5. The van der Waals surface area contributed by atoms with Gasteiger partial charge < -0.3 is 14.8 Å². The summed E-state index contributed by atoms with van der Waals surface area (Å²) in [5, 5.41) is 3.22. The van der Waals surface area contributed by atoms with Crippen LogP contribution in [0.2, 0.25) is 0 Å². The number of rotatable bonds is 12. The van der Waals surface area contributed by atoms with Gasteiger partial charge in [-0.2, -0.15) is 0 Å². The number of hydrogen-bond donors (Lipinski definition) is 1. The SMILES string of the molecule is CNC(COCCC(C)=O)C(C)(C)COCCC(C)=O. The summed E-state index contributed by atoms with van der Waals surface area (Å²) in [4.78, 5) is 21.7. The van der Waals surface area contributed by atoms with Crippen molar-refractivity contribution in [3.8, 4) is 0 Å². The molecular formula is C15H29NO4. The van der Waals surface area contributed by atoms with Crippen molar-refractivity contribution in [1.29, 1.82) is 0 Å². The Morgan fingerprint density at radius 1 is 1.05 bits per heavy atom. The van der Waals surface area contributed by atoms with Crippen molar-refractivity contribution in [3.63, 3.8) is 0 Å². The lowest BCUT2D eigenvalue weighted by Gasteiger charge is -2.33.